The van der Waals surface area contributed by atoms with Crippen molar-refractivity contribution in [1.82, 2.24) is 5.32 Å². The topological polar surface area (TPSA) is 177 Å². The number of anilines is 2. The summed E-state index contributed by atoms with van der Waals surface area (Å²) >= 11 is 0. The third kappa shape index (κ3) is 6.61. The van der Waals surface area contributed by atoms with Crippen molar-refractivity contribution in [3.8, 4) is 0 Å². The maximum absolute atomic E-state index is 14.6. The van der Waals surface area contributed by atoms with Crippen LogP contribution in [0.1, 0.15) is 48.2 Å². The Morgan fingerprint density at radius 3 is 2.42 bits per heavy atom. The van der Waals surface area contributed by atoms with Crippen LogP contribution in [0, 0.1) is 11.8 Å². The molecule has 45 heavy (non-hydrogen) atoms. The molecule has 1 aliphatic heterocycles. The maximum Gasteiger partial charge on any atom is 0.408 e. The summed E-state index contributed by atoms with van der Waals surface area (Å²) in [5, 5.41) is 5.58. The first-order valence-electron chi connectivity index (χ1n) is 14.1. The molecule has 5 rings (SSSR count). The molecule has 0 saturated heterocycles. The van der Waals surface area contributed by atoms with Crippen molar-refractivity contribution in [3.05, 3.63) is 89.5 Å². The first kappa shape index (κ1) is 31.9. The van der Waals surface area contributed by atoms with Crippen LogP contribution in [0.4, 0.5) is 16.2 Å². The third-order valence-electron chi connectivity index (χ3n) is 7.54. The van der Waals surface area contributed by atoms with Crippen molar-refractivity contribution in [2.24, 2.45) is 16.2 Å². The minimum atomic E-state index is -4.49. The van der Waals surface area contributed by atoms with Gasteiger partial charge in [-0.25, -0.2) is 13.2 Å². The summed E-state index contributed by atoms with van der Waals surface area (Å²) in [4.78, 5) is 41.5. The molecule has 3 aromatic carbocycles. The quantitative estimate of drug-likeness (QED) is 0.286. The summed E-state index contributed by atoms with van der Waals surface area (Å²) in [5.41, 5.74) is -0.609. The number of alkyl carbamates (subject to hydrolysis) is 1. The van der Waals surface area contributed by atoms with Crippen molar-refractivity contribution in [3.63, 3.8) is 0 Å². The predicted molar refractivity (Wildman–Crippen MR) is 168 cm³/mol. The van der Waals surface area contributed by atoms with Crippen LogP contribution in [0.2, 0.25) is 0 Å². The van der Waals surface area contributed by atoms with Gasteiger partial charge in [-0.15, -0.1) is 4.40 Å². The van der Waals surface area contributed by atoms with E-state index in [1.165, 1.54) is 18.2 Å². The summed E-state index contributed by atoms with van der Waals surface area (Å²) in [6.45, 7) is 3.84. The highest BCUT2D eigenvalue weighted by Gasteiger charge is 2.55. The van der Waals surface area contributed by atoms with E-state index in [2.05, 4.69) is 19.8 Å². The molecule has 2 atom stereocenters. The Hall–Kier alpha value is -4.56. The van der Waals surface area contributed by atoms with Crippen LogP contribution >= 0.6 is 0 Å². The minimum absolute atomic E-state index is 0.00141. The Labute approximate surface area is 261 Å². The van der Waals surface area contributed by atoms with Crippen LogP contribution < -0.4 is 15.4 Å². The zero-order valence-corrected chi connectivity index (χ0v) is 26.4. The normalized spacial score (nSPS) is 20.4. The zero-order chi connectivity index (χ0) is 32.6. The number of amidine groups is 1. The molecule has 0 bridgehead atoms. The number of Topliss-reactive ketones (excluding diaryl/α,β-unsaturated/α-hetero) is 2. The van der Waals surface area contributed by atoms with Crippen molar-refractivity contribution < 1.29 is 36.0 Å². The predicted octanol–water partition coefficient (Wildman–Crippen LogP) is 4.21. The Kier molecular flexibility index (Phi) is 8.55. The number of fused-ring (bicyclic) bond motifs is 2. The molecule has 0 saturated carbocycles. The lowest BCUT2D eigenvalue weighted by Gasteiger charge is -2.41. The number of hydrogen-bond donors (Lipinski definition) is 3. The smallest absolute Gasteiger partial charge is 0.408 e. The van der Waals surface area contributed by atoms with Gasteiger partial charge >= 0.3 is 6.09 Å². The Balaban J connectivity index is 1.56. The van der Waals surface area contributed by atoms with Gasteiger partial charge in [0.05, 0.1) is 11.9 Å². The second-order valence-electron chi connectivity index (χ2n) is 11.4. The lowest BCUT2D eigenvalue weighted by atomic mass is 9.67. The molecular weight excluding hydrogens is 620 g/mol. The lowest BCUT2D eigenvalue weighted by molar-refractivity contribution is -0.127. The van der Waals surface area contributed by atoms with Gasteiger partial charge in [0.15, 0.2) is 11.6 Å². The first-order valence-corrected chi connectivity index (χ1v) is 17.4. The molecule has 1 aliphatic carbocycles. The second-order valence-corrected chi connectivity index (χ2v) is 14.7. The number of sulfonamides is 2. The van der Waals surface area contributed by atoms with E-state index in [9.17, 15) is 31.2 Å². The molecule has 236 valence electrons. The van der Waals surface area contributed by atoms with Gasteiger partial charge in [0, 0.05) is 11.3 Å². The average molecular weight is 653 g/mol. The van der Waals surface area contributed by atoms with Crippen molar-refractivity contribution in [1.29, 1.82) is 0 Å². The van der Waals surface area contributed by atoms with Crippen molar-refractivity contribution in [2.75, 3.05) is 16.3 Å². The maximum atomic E-state index is 14.6. The molecular formula is C31H32N4O8S2. The Morgan fingerprint density at radius 2 is 1.73 bits per heavy atom. The fourth-order valence-corrected chi connectivity index (χ4v) is 7.18. The van der Waals surface area contributed by atoms with Gasteiger partial charge in [-0.1, -0.05) is 68.4 Å². The molecule has 1 amide bonds. The van der Waals surface area contributed by atoms with Gasteiger partial charge in [0.25, 0.3) is 10.0 Å². The summed E-state index contributed by atoms with van der Waals surface area (Å²) in [6, 6.07) is 19.1. The number of carbonyl (C=O) groups is 3. The lowest BCUT2D eigenvalue weighted by Crippen LogP contribution is -2.60. The van der Waals surface area contributed by atoms with E-state index in [-0.39, 0.29) is 46.3 Å². The van der Waals surface area contributed by atoms with Crippen molar-refractivity contribution in [2.45, 2.75) is 43.7 Å². The number of ketones is 2. The third-order valence-corrected chi connectivity index (χ3v) is 9.48. The standard InChI is InChI=1S/C31H32N4O8S2/c1-19(2)15-16-31(33-30(38)43-18-20-9-5-4-6-10-20)23-12-8-7-11-22(23)27(36)26(28(31)37)29-32-24-14-13-21(34-44(3,39)40)17-25(24)45(41,42)35-29/h4-14,17,19,26,34H,15-16,18H2,1-3H3,(H,32,35)(H,33,38). The summed E-state index contributed by atoms with van der Waals surface area (Å²) in [6.07, 6.45) is 0.602. The first-order chi connectivity index (χ1) is 21.2. The highest BCUT2D eigenvalue weighted by atomic mass is 32.2. The Morgan fingerprint density at radius 1 is 1.04 bits per heavy atom. The van der Waals surface area contributed by atoms with Gasteiger partial charge in [-0.2, -0.15) is 8.42 Å². The van der Waals surface area contributed by atoms with E-state index in [4.69, 9.17) is 4.74 Å². The minimum Gasteiger partial charge on any atom is -0.445 e. The monoisotopic (exact) mass is 652 g/mol. The molecule has 0 fully saturated rings. The highest BCUT2D eigenvalue weighted by molar-refractivity contribution is 7.92. The summed E-state index contributed by atoms with van der Waals surface area (Å²) in [7, 11) is -8.20. The number of nitrogens with zero attached hydrogens (tertiary/aromatic N) is 1. The van der Waals surface area contributed by atoms with E-state index < -0.39 is 55.0 Å². The van der Waals surface area contributed by atoms with E-state index in [0.717, 1.165) is 17.9 Å². The largest absolute Gasteiger partial charge is 0.445 e. The molecule has 2 unspecified atom stereocenters. The van der Waals surface area contributed by atoms with Crippen LogP contribution in [0.3, 0.4) is 0 Å². The van der Waals surface area contributed by atoms with E-state index in [1.807, 2.05) is 19.9 Å². The van der Waals surface area contributed by atoms with Gasteiger partial charge in [0.1, 0.15) is 28.8 Å². The molecule has 0 radical (unpaired) electrons. The number of ether oxygens (including phenoxy) is 1. The molecule has 12 nitrogen and oxygen atoms in total. The van der Waals surface area contributed by atoms with Crippen LogP contribution in [-0.2, 0) is 41.7 Å². The van der Waals surface area contributed by atoms with Gasteiger partial charge in [0.2, 0.25) is 10.0 Å². The molecule has 14 heteroatoms. The van der Waals surface area contributed by atoms with Crippen LogP contribution in [0.15, 0.2) is 82.1 Å². The molecule has 3 N–H and O–H groups in total. The number of benzene rings is 3. The van der Waals surface area contributed by atoms with E-state index >= 15 is 0 Å². The Bertz CT molecular complexity index is 1930. The van der Waals surface area contributed by atoms with Crippen LogP contribution in [-0.4, -0.2) is 46.6 Å². The highest BCUT2D eigenvalue weighted by Crippen LogP contribution is 2.42. The van der Waals surface area contributed by atoms with Gasteiger partial charge in [-0.05, 0) is 48.1 Å². The van der Waals surface area contributed by atoms with Gasteiger partial charge < -0.3 is 15.4 Å². The van der Waals surface area contributed by atoms with E-state index in [0.29, 0.717) is 6.42 Å². The average Bonchev–Trinajstić information content (AvgIpc) is 2.97. The number of hydrogen-bond acceptors (Lipinski definition) is 9. The fraction of sp³-hybridized carbons (Fsp3) is 0.290. The molecule has 1 heterocycles. The molecule has 0 aromatic heterocycles. The molecule has 0 spiro atoms. The SMILES string of the molecule is CC(C)CCC1(NC(=O)OCc2ccccc2)C(=O)C(C2=NS(=O)(=O)c3cc(NS(C)(=O)=O)ccc3N2)C(=O)c2ccccc21. The molecule has 2 aliphatic rings. The second kappa shape index (κ2) is 12.1. The van der Waals surface area contributed by atoms with Crippen LogP contribution in [0.5, 0.6) is 0 Å². The van der Waals surface area contributed by atoms with Crippen molar-refractivity contribution >= 4 is 54.9 Å². The number of rotatable bonds is 9. The number of amides is 1. The summed E-state index contributed by atoms with van der Waals surface area (Å²) < 4.78 is 61.6. The zero-order valence-electron chi connectivity index (χ0n) is 24.7. The summed E-state index contributed by atoms with van der Waals surface area (Å²) in [5.74, 6) is -3.48. The van der Waals surface area contributed by atoms with E-state index in [1.54, 1.807) is 42.5 Å². The number of nitrogens with one attached hydrogen (secondary N) is 3. The van der Waals surface area contributed by atoms with Crippen LogP contribution in [0.25, 0.3) is 0 Å². The van der Waals surface area contributed by atoms with Gasteiger partial charge in [-0.3, -0.25) is 14.3 Å². The number of carbonyl (C=O) groups excluding carboxylic acids is 3. The molecule has 3 aromatic rings. The fourth-order valence-electron chi connectivity index (χ4n) is 5.44.